The van der Waals surface area contributed by atoms with Crippen LogP contribution >= 0.6 is 12.2 Å². The lowest BCUT2D eigenvalue weighted by molar-refractivity contribution is 0.995. The number of aryl methyl sites for hydroxylation is 2. The van der Waals surface area contributed by atoms with Crippen LogP contribution in [-0.4, -0.2) is 10.8 Å². The van der Waals surface area contributed by atoms with Gasteiger partial charge in [-0.1, -0.05) is 17.7 Å². The first-order valence-corrected chi connectivity index (χ1v) is 5.21. The van der Waals surface area contributed by atoms with Gasteiger partial charge in [0.2, 0.25) is 0 Å². The Morgan fingerprint density at radius 2 is 2.20 bits per heavy atom. The van der Waals surface area contributed by atoms with E-state index in [1.165, 1.54) is 22.3 Å². The van der Waals surface area contributed by atoms with Gasteiger partial charge in [0, 0.05) is 12.0 Å². The van der Waals surface area contributed by atoms with Gasteiger partial charge in [0.1, 0.15) is 0 Å². The van der Waals surface area contributed by atoms with Crippen LogP contribution in [0, 0.1) is 13.8 Å². The number of hydrogen-bond acceptors (Lipinski definition) is 2. The normalized spacial score (nSPS) is 15.7. The SMILES string of the molecule is Cc1cc(C)c2c(c1)CC2=NNC(N)=S. The van der Waals surface area contributed by atoms with Crippen molar-refractivity contribution >= 4 is 23.0 Å². The molecule has 0 heterocycles. The lowest BCUT2D eigenvalue weighted by atomic mass is 9.82. The molecule has 78 valence electrons. The molecule has 15 heavy (non-hydrogen) atoms. The minimum atomic E-state index is 0.209. The second-order valence-corrected chi connectivity index (χ2v) is 4.27. The maximum absolute atomic E-state index is 5.31. The van der Waals surface area contributed by atoms with E-state index in [2.05, 4.69) is 36.5 Å². The zero-order valence-corrected chi connectivity index (χ0v) is 9.61. The summed E-state index contributed by atoms with van der Waals surface area (Å²) in [6.07, 6.45) is 0.896. The summed E-state index contributed by atoms with van der Waals surface area (Å²) in [5.74, 6) is 0. The molecule has 0 fully saturated rings. The second-order valence-electron chi connectivity index (χ2n) is 3.83. The summed E-state index contributed by atoms with van der Waals surface area (Å²) >= 11 is 4.70. The average molecular weight is 219 g/mol. The molecule has 0 aromatic heterocycles. The lowest BCUT2D eigenvalue weighted by Crippen LogP contribution is -2.30. The smallest absolute Gasteiger partial charge is 0.184 e. The molecule has 1 aliphatic carbocycles. The molecule has 0 unspecified atom stereocenters. The predicted octanol–water partition coefficient (Wildman–Crippen LogP) is 1.40. The molecule has 4 heteroatoms. The van der Waals surface area contributed by atoms with E-state index in [4.69, 9.17) is 18.0 Å². The molecule has 1 aromatic rings. The molecule has 0 saturated heterocycles. The first-order chi connectivity index (χ1) is 7.08. The van der Waals surface area contributed by atoms with E-state index in [1.807, 2.05) is 0 Å². The number of nitrogens with two attached hydrogens (primary N) is 1. The van der Waals surface area contributed by atoms with Crippen LogP contribution in [0.2, 0.25) is 0 Å². The van der Waals surface area contributed by atoms with Crippen LogP contribution in [0.15, 0.2) is 17.2 Å². The van der Waals surface area contributed by atoms with Gasteiger partial charge in [0.25, 0.3) is 0 Å². The zero-order valence-electron chi connectivity index (χ0n) is 8.79. The monoisotopic (exact) mass is 219 g/mol. The third kappa shape index (κ3) is 1.85. The maximum atomic E-state index is 5.31. The summed E-state index contributed by atoms with van der Waals surface area (Å²) in [5.41, 5.74) is 14.1. The van der Waals surface area contributed by atoms with E-state index >= 15 is 0 Å². The number of nitrogens with zero attached hydrogens (tertiary/aromatic N) is 1. The van der Waals surface area contributed by atoms with E-state index in [1.54, 1.807) is 0 Å². The number of hydrazone groups is 1. The van der Waals surface area contributed by atoms with Gasteiger partial charge in [-0.15, -0.1) is 0 Å². The van der Waals surface area contributed by atoms with Crippen molar-refractivity contribution in [2.45, 2.75) is 20.3 Å². The first-order valence-electron chi connectivity index (χ1n) is 4.80. The first kappa shape index (κ1) is 10.1. The molecule has 1 aromatic carbocycles. The van der Waals surface area contributed by atoms with E-state index in [-0.39, 0.29) is 5.11 Å². The highest BCUT2D eigenvalue weighted by atomic mass is 32.1. The van der Waals surface area contributed by atoms with Crippen molar-refractivity contribution in [3.63, 3.8) is 0 Å². The van der Waals surface area contributed by atoms with Crippen LogP contribution in [-0.2, 0) is 6.42 Å². The van der Waals surface area contributed by atoms with Gasteiger partial charge in [-0.25, -0.2) is 0 Å². The van der Waals surface area contributed by atoms with E-state index in [0.717, 1.165) is 12.1 Å². The van der Waals surface area contributed by atoms with Crippen LogP contribution < -0.4 is 11.2 Å². The Kier molecular flexibility index (Phi) is 2.44. The van der Waals surface area contributed by atoms with Crippen molar-refractivity contribution < 1.29 is 0 Å². The van der Waals surface area contributed by atoms with Gasteiger partial charge < -0.3 is 5.73 Å². The molecule has 1 aliphatic rings. The molecule has 0 spiro atoms. The highest BCUT2D eigenvalue weighted by Gasteiger charge is 2.23. The lowest BCUT2D eigenvalue weighted by Gasteiger charge is -2.24. The van der Waals surface area contributed by atoms with Crippen LogP contribution in [0.5, 0.6) is 0 Å². The Morgan fingerprint density at radius 1 is 1.47 bits per heavy atom. The van der Waals surface area contributed by atoms with Gasteiger partial charge in [0.05, 0.1) is 5.71 Å². The molecule has 3 N–H and O–H groups in total. The summed E-state index contributed by atoms with van der Waals surface area (Å²) in [5, 5.41) is 4.37. The Hall–Kier alpha value is -1.42. The standard InChI is InChI=1S/C11H13N3S/c1-6-3-7(2)10-8(4-6)5-9(10)13-14-11(12)15/h3-4H,5H2,1-2H3,(H3,12,14,15). The fourth-order valence-corrected chi connectivity index (χ4v) is 2.03. The minimum Gasteiger partial charge on any atom is -0.375 e. The van der Waals surface area contributed by atoms with Crippen molar-refractivity contribution in [3.8, 4) is 0 Å². The molecular weight excluding hydrogens is 206 g/mol. The quantitative estimate of drug-likeness (QED) is 0.554. The maximum Gasteiger partial charge on any atom is 0.184 e. The Morgan fingerprint density at radius 3 is 2.80 bits per heavy atom. The van der Waals surface area contributed by atoms with Crippen molar-refractivity contribution in [1.82, 2.24) is 5.43 Å². The third-order valence-corrected chi connectivity index (χ3v) is 2.60. The summed E-state index contributed by atoms with van der Waals surface area (Å²) in [7, 11) is 0. The zero-order chi connectivity index (χ0) is 11.0. The average Bonchev–Trinajstić information content (AvgIpc) is 2.06. The molecule has 0 bridgehead atoms. The van der Waals surface area contributed by atoms with Gasteiger partial charge >= 0.3 is 0 Å². The van der Waals surface area contributed by atoms with Crippen LogP contribution in [0.3, 0.4) is 0 Å². The summed E-state index contributed by atoms with van der Waals surface area (Å²) in [6.45, 7) is 4.21. The Labute approximate surface area is 94.4 Å². The number of thiocarbonyl (C=S) groups is 1. The van der Waals surface area contributed by atoms with Crippen LogP contribution in [0.4, 0.5) is 0 Å². The summed E-state index contributed by atoms with van der Waals surface area (Å²) in [4.78, 5) is 0. The van der Waals surface area contributed by atoms with Crippen LogP contribution in [0.1, 0.15) is 22.3 Å². The van der Waals surface area contributed by atoms with Crippen LogP contribution in [0.25, 0.3) is 0 Å². The Balaban J connectivity index is 2.30. The molecule has 0 saturated carbocycles. The predicted molar refractivity (Wildman–Crippen MR) is 66.1 cm³/mol. The Bertz CT molecular complexity index is 446. The van der Waals surface area contributed by atoms with Gasteiger partial charge in [0.15, 0.2) is 5.11 Å². The molecule has 0 aliphatic heterocycles. The van der Waals surface area contributed by atoms with E-state index in [9.17, 15) is 0 Å². The molecule has 3 nitrogen and oxygen atoms in total. The molecular formula is C11H13N3S. The molecule has 0 radical (unpaired) electrons. The van der Waals surface area contributed by atoms with Crippen molar-refractivity contribution in [2.24, 2.45) is 10.8 Å². The number of hydrogen-bond donors (Lipinski definition) is 2. The minimum absolute atomic E-state index is 0.209. The van der Waals surface area contributed by atoms with E-state index < -0.39 is 0 Å². The number of rotatable bonds is 1. The van der Waals surface area contributed by atoms with Gasteiger partial charge in [-0.2, -0.15) is 5.10 Å². The van der Waals surface area contributed by atoms with E-state index in [0.29, 0.717) is 0 Å². The molecule has 0 atom stereocenters. The topological polar surface area (TPSA) is 50.4 Å². The molecule has 2 rings (SSSR count). The number of benzene rings is 1. The van der Waals surface area contributed by atoms with Gasteiger partial charge in [-0.05, 0) is 37.2 Å². The summed E-state index contributed by atoms with van der Waals surface area (Å²) < 4.78 is 0. The third-order valence-electron chi connectivity index (χ3n) is 2.51. The highest BCUT2D eigenvalue weighted by molar-refractivity contribution is 7.80. The second kappa shape index (κ2) is 3.62. The van der Waals surface area contributed by atoms with Crippen molar-refractivity contribution in [3.05, 3.63) is 34.4 Å². The fraction of sp³-hybridized carbons (Fsp3) is 0.273. The summed E-state index contributed by atoms with van der Waals surface area (Å²) in [6, 6.07) is 4.36. The number of fused-ring (bicyclic) bond motifs is 1. The van der Waals surface area contributed by atoms with Crippen molar-refractivity contribution in [1.29, 1.82) is 0 Å². The highest BCUT2D eigenvalue weighted by Crippen LogP contribution is 2.28. The molecule has 0 amide bonds. The van der Waals surface area contributed by atoms with Gasteiger partial charge in [-0.3, -0.25) is 5.43 Å². The number of nitrogens with one attached hydrogen (secondary N) is 1. The largest absolute Gasteiger partial charge is 0.375 e. The van der Waals surface area contributed by atoms with Crippen molar-refractivity contribution in [2.75, 3.05) is 0 Å². The fourth-order valence-electron chi connectivity index (χ4n) is 1.99.